The van der Waals surface area contributed by atoms with Crippen molar-refractivity contribution in [2.24, 2.45) is 7.05 Å². The molecule has 2 rings (SSSR count). The van der Waals surface area contributed by atoms with Gasteiger partial charge in [-0.15, -0.1) is 6.42 Å². The van der Waals surface area contributed by atoms with Gasteiger partial charge in [0.05, 0.1) is 24.9 Å². The average molecular weight is 287 g/mol. The first-order valence-electron chi connectivity index (χ1n) is 6.79. The lowest BCUT2D eigenvalue weighted by Gasteiger charge is -2.08. The van der Waals surface area contributed by atoms with Crippen LogP contribution in [0, 0.1) is 19.3 Å². The van der Waals surface area contributed by atoms with E-state index >= 15 is 0 Å². The number of anilines is 1. The number of terminal acetylenes is 1. The molecule has 0 saturated heterocycles. The molecule has 0 radical (unpaired) electrons. The molecular weight excluding hydrogens is 266 g/mol. The molecule has 2 N–H and O–H groups in total. The summed E-state index contributed by atoms with van der Waals surface area (Å²) in [6.45, 7) is 6.43. The molecule has 0 bridgehead atoms. The Balaban J connectivity index is 2.71. The highest BCUT2D eigenvalue weighted by molar-refractivity contribution is 5.77. The highest BCUT2D eigenvalue weighted by atomic mass is 16.5. The molecule has 6 heteroatoms. The summed E-state index contributed by atoms with van der Waals surface area (Å²) in [4.78, 5) is 4.69. The fraction of sp³-hybridized carbons (Fsp3) is 0.467. The van der Waals surface area contributed by atoms with Gasteiger partial charge >= 0.3 is 0 Å². The van der Waals surface area contributed by atoms with E-state index < -0.39 is 0 Å². The molecule has 2 aromatic heterocycles. The Morgan fingerprint density at radius 3 is 2.62 bits per heavy atom. The second kappa shape index (κ2) is 5.52. The second-order valence-electron chi connectivity index (χ2n) is 5.24. The van der Waals surface area contributed by atoms with Gasteiger partial charge in [0, 0.05) is 13.0 Å². The number of ether oxygens (including phenoxy) is 1. The zero-order valence-electron chi connectivity index (χ0n) is 13.1. The van der Waals surface area contributed by atoms with E-state index in [9.17, 15) is 0 Å². The minimum absolute atomic E-state index is 0.220. The molecular formula is C15H21N5O. The summed E-state index contributed by atoms with van der Waals surface area (Å²) in [6.07, 6.45) is 5.44. The molecule has 0 fully saturated rings. The maximum atomic E-state index is 6.27. The molecule has 0 saturated carbocycles. The number of methoxy groups -OCH3 is 1. The van der Waals surface area contributed by atoms with E-state index in [1.54, 1.807) is 11.8 Å². The summed E-state index contributed by atoms with van der Waals surface area (Å²) in [5, 5.41) is 4.38. The fourth-order valence-corrected chi connectivity index (χ4v) is 2.51. The van der Waals surface area contributed by atoms with Crippen molar-refractivity contribution in [3.05, 3.63) is 11.5 Å². The molecule has 0 aliphatic heterocycles. The third-order valence-corrected chi connectivity index (χ3v) is 3.40. The van der Waals surface area contributed by atoms with E-state index in [0.717, 1.165) is 17.1 Å². The topological polar surface area (TPSA) is 70.9 Å². The molecule has 21 heavy (non-hydrogen) atoms. The second-order valence-corrected chi connectivity index (χ2v) is 5.24. The Hall–Kier alpha value is -2.42. The number of aromatic nitrogens is 4. The summed E-state index contributed by atoms with van der Waals surface area (Å²) in [7, 11) is 3.44. The molecule has 2 aromatic rings. The summed E-state index contributed by atoms with van der Waals surface area (Å²) in [6, 6.07) is 0. The molecule has 0 unspecified atom stereocenters. The van der Waals surface area contributed by atoms with Gasteiger partial charge in [0.25, 0.3) is 0 Å². The van der Waals surface area contributed by atoms with E-state index in [4.69, 9.17) is 16.9 Å². The first-order valence-corrected chi connectivity index (χ1v) is 6.79. The quantitative estimate of drug-likeness (QED) is 0.872. The van der Waals surface area contributed by atoms with Gasteiger partial charge in [0.15, 0.2) is 0 Å². The van der Waals surface area contributed by atoms with Crippen LogP contribution in [-0.2, 0) is 13.6 Å². The van der Waals surface area contributed by atoms with Crippen LogP contribution in [0.2, 0.25) is 0 Å². The van der Waals surface area contributed by atoms with Crippen molar-refractivity contribution in [1.82, 2.24) is 19.3 Å². The molecule has 0 spiro atoms. The Morgan fingerprint density at radius 2 is 2.10 bits per heavy atom. The van der Waals surface area contributed by atoms with E-state index in [1.807, 2.05) is 18.5 Å². The van der Waals surface area contributed by atoms with Crippen LogP contribution in [0.15, 0.2) is 0 Å². The Bertz CT molecular complexity index is 703. The number of hydrogen-bond donors (Lipinski definition) is 1. The van der Waals surface area contributed by atoms with Gasteiger partial charge < -0.3 is 15.0 Å². The Labute approximate surface area is 124 Å². The Morgan fingerprint density at radius 1 is 1.43 bits per heavy atom. The molecule has 0 atom stereocenters. The summed E-state index contributed by atoms with van der Waals surface area (Å²) in [5.41, 5.74) is 8.59. The highest BCUT2D eigenvalue weighted by Crippen LogP contribution is 2.37. The van der Waals surface area contributed by atoms with Crippen molar-refractivity contribution in [3.63, 3.8) is 0 Å². The molecule has 0 aliphatic carbocycles. The molecule has 0 aromatic carbocycles. The van der Waals surface area contributed by atoms with Crippen LogP contribution >= 0.6 is 0 Å². The lowest BCUT2D eigenvalue weighted by molar-refractivity contribution is 0.374. The Kier molecular flexibility index (Phi) is 3.94. The van der Waals surface area contributed by atoms with Gasteiger partial charge in [-0.2, -0.15) is 5.10 Å². The van der Waals surface area contributed by atoms with Crippen molar-refractivity contribution in [2.45, 2.75) is 33.2 Å². The van der Waals surface area contributed by atoms with Crippen LogP contribution in [0.4, 0.5) is 5.82 Å². The number of nitrogen functional groups attached to an aromatic ring is 1. The molecule has 2 heterocycles. The van der Waals surface area contributed by atoms with E-state index in [2.05, 4.69) is 29.9 Å². The first-order chi connectivity index (χ1) is 9.92. The number of nitrogens with two attached hydrogens (primary N) is 1. The smallest absolute Gasteiger partial charge is 0.221 e. The molecule has 0 amide bonds. The third-order valence-electron chi connectivity index (χ3n) is 3.40. The highest BCUT2D eigenvalue weighted by Gasteiger charge is 2.24. The predicted octanol–water partition coefficient (Wildman–Crippen LogP) is 1.94. The van der Waals surface area contributed by atoms with Gasteiger partial charge in [-0.1, -0.05) is 19.8 Å². The van der Waals surface area contributed by atoms with Gasteiger partial charge in [-0.25, -0.2) is 9.67 Å². The van der Waals surface area contributed by atoms with Crippen molar-refractivity contribution in [1.29, 1.82) is 0 Å². The maximum Gasteiger partial charge on any atom is 0.221 e. The van der Waals surface area contributed by atoms with Crippen molar-refractivity contribution >= 4 is 5.82 Å². The minimum Gasteiger partial charge on any atom is -0.481 e. The van der Waals surface area contributed by atoms with E-state index in [1.165, 1.54) is 0 Å². The number of rotatable bonds is 4. The zero-order chi connectivity index (χ0) is 15.7. The fourth-order valence-electron chi connectivity index (χ4n) is 2.51. The number of imidazole rings is 1. The van der Waals surface area contributed by atoms with Gasteiger partial charge in [-0.05, 0) is 6.92 Å². The number of nitrogens with zero attached hydrogens (tertiary/aromatic N) is 4. The standard InChI is InChI=1S/C15H21N5O/c1-7-8-20-13(16)12(17-14(20)9(2)3)11-10(4)18-19(5)15(11)21-6/h1,9H,8,16H2,2-6H3. The van der Waals surface area contributed by atoms with Crippen LogP contribution in [0.1, 0.15) is 31.3 Å². The molecule has 6 nitrogen and oxygen atoms in total. The van der Waals surface area contributed by atoms with Crippen LogP contribution in [0.3, 0.4) is 0 Å². The lowest BCUT2D eigenvalue weighted by Crippen LogP contribution is -2.07. The lowest BCUT2D eigenvalue weighted by atomic mass is 10.2. The normalized spacial score (nSPS) is 10.9. The number of aryl methyl sites for hydroxylation is 2. The van der Waals surface area contributed by atoms with E-state index in [-0.39, 0.29) is 5.92 Å². The molecule has 0 aliphatic rings. The van der Waals surface area contributed by atoms with E-state index in [0.29, 0.717) is 23.9 Å². The largest absolute Gasteiger partial charge is 0.481 e. The van der Waals surface area contributed by atoms with Gasteiger partial charge in [0.1, 0.15) is 17.3 Å². The van der Waals surface area contributed by atoms with Crippen LogP contribution in [0.25, 0.3) is 11.3 Å². The monoisotopic (exact) mass is 287 g/mol. The van der Waals surface area contributed by atoms with Crippen LogP contribution in [-0.4, -0.2) is 26.4 Å². The predicted molar refractivity (Wildman–Crippen MR) is 83.1 cm³/mol. The van der Waals surface area contributed by atoms with Crippen LogP contribution < -0.4 is 10.5 Å². The van der Waals surface area contributed by atoms with Gasteiger partial charge in [0.2, 0.25) is 5.88 Å². The van der Waals surface area contributed by atoms with Crippen molar-refractivity contribution in [2.75, 3.05) is 12.8 Å². The minimum atomic E-state index is 0.220. The third kappa shape index (κ3) is 2.35. The summed E-state index contributed by atoms with van der Waals surface area (Å²) in [5.74, 6) is 4.90. The van der Waals surface area contributed by atoms with Crippen molar-refractivity contribution < 1.29 is 4.74 Å². The zero-order valence-corrected chi connectivity index (χ0v) is 13.1. The van der Waals surface area contributed by atoms with Crippen molar-refractivity contribution in [3.8, 4) is 29.5 Å². The number of hydrogen-bond acceptors (Lipinski definition) is 4. The first kappa shape index (κ1) is 15.0. The van der Waals surface area contributed by atoms with Crippen LogP contribution in [0.5, 0.6) is 5.88 Å². The SMILES string of the molecule is C#CCn1c(C(C)C)nc(-c2c(C)nn(C)c2OC)c1N. The molecule has 112 valence electrons. The maximum absolute atomic E-state index is 6.27. The summed E-state index contributed by atoms with van der Waals surface area (Å²) >= 11 is 0. The van der Waals surface area contributed by atoms with Gasteiger partial charge in [-0.3, -0.25) is 0 Å². The summed E-state index contributed by atoms with van der Waals surface area (Å²) < 4.78 is 8.98. The average Bonchev–Trinajstić information content (AvgIpc) is 2.88.